The summed E-state index contributed by atoms with van der Waals surface area (Å²) < 4.78 is 12.4. The lowest BCUT2D eigenvalue weighted by atomic mass is 10.1. The first-order chi connectivity index (χ1) is 13.3. The number of methoxy groups -OCH3 is 2. The van der Waals surface area contributed by atoms with Crippen molar-refractivity contribution < 1.29 is 14.4 Å². The van der Waals surface area contributed by atoms with Gasteiger partial charge in [0, 0.05) is 19.2 Å². The topological polar surface area (TPSA) is 69.7 Å². The van der Waals surface area contributed by atoms with Gasteiger partial charge in [-0.2, -0.15) is 0 Å². The zero-order chi connectivity index (χ0) is 19.1. The molecule has 1 saturated heterocycles. The van der Waals surface area contributed by atoms with Gasteiger partial charge in [-0.3, -0.25) is 0 Å². The summed E-state index contributed by atoms with van der Waals surface area (Å²) in [5.74, 6) is 1.88. The smallest absolute Gasteiger partial charge is 0.209 e. The molecule has 8 nitrogen and oxygen atoms in total. The zero-order valence-electron chi connectivity index (χ0n) is 16.6. The lowest BCUT2D eigenvalue weighted by molar-refractivity contribution is -0.933. The highest BCUT2D eigenvalue weighted by Crippen LogP contribution is 2.20. The third-order valence-corrected chi connectivity index (χ3v) is 5.29. The van der Waals surface area contributed by atoms with Crippen LogP contribution in [-0.2, 0) is 11.3 Å². The van der Waals surface area contributed by atoms with Crippen LogP contribution in [-0.4, -0.2) is 67.2 Å². The van der Waals surface area contributed by atoms with Gasteiger partial charge in [-0.1, -0.05) is 13.3 Å². The van der Waals surface area contributed by atoms with Crippen LogP contribution in [0.5, 0.6) is 5.75 Å². The Morgan fingerprint density at radius 2 is 1.89 bits per heavy atom. The minimum Gasteiger partial charge on any atom is -0.497 e. The first-order valence-electron chi connectivity index (χ1n) is 9.75. The van der Waals surface area contributed by atoms with Gasteiger partial charge in [0.25, 0.3) is 0 Å². The Bertz CT molecular complexity index is 682. The van der Waals surface area contributed by atoms with Crippen LogP contribution < -0.4 is 14.5 Å². The fraction of sp³-hybridized carbons (Fsp3) is 0.632. The van der Waals surface area contributed by atoms with Gasteiger partial charge >= 0.3 is 0 Å². The number of nitrogens with zero attached hydrogens (tertiary/aromatic N) is 5. The maximum atomic E-state index is 5.26. The summed E-state index contributed by atoms with van der Waals surface area (Å²) in [6, 6.07) is 8.66. The molecule has 148 valence electrons. The van der Waals surface area contributed by atoms with E-state index in [1.165, 1.54) is 5.69 Å². The summed E-state index contributed by atoms with van der Waals surface area (Å²) >= 11 is 0. The third kappa shape index (κ3) is 4.75. The van der Waals surface area contributed by atoms with Gasteiger partial charge in [-0.15, -0.1) is 5.10 Å². The monoisotopic (exact) mass is 375 g/mol. The van der Waals surface area contributed by atoms with E-state index in [-0.39, 0.29) is 0 Å². The quantitative estimate of drug-likeness (QED) is 0.691. The first-order valence-corrected chi connectivity index (χ1v) is 9.75. The van der Waals surface area contributed by atoms with E-state index in [0.717, 1.165) is 50.6 Å². The fourth-order valence-electron chi connectivity index (χ4n) is 3.80. The van der Waals surface area contributed by atoms with Gasteiger partial charge < -0.3 is 19.3 Å². The maximum Gasteiger partial charge on any atom is 0.209 e. The summed E-state index contributed by atoms with van der Waals surface area (Å²) in [5, 5.41) is 12.5. The van der Waals surface area contributed by atoms with Crippen molar-refractivity contribution in [1.29, 1.82) is 0 Å². The van der Waals surface area contributed by atoms with Crippen LogP contribution in [0.3, 0.4) is 0 Å². The largest absolute Gasteiger partial charge is 0.497 e. The molecule has 1 aromatic heterocycles. The van der Waals surface area contributed by atoms with E-state index in [9.17, 15) is 0 Å². The molecule has 1 atom stereocenters. The summed E-state index contributed by atoms with van der Waals surface area (Å²) in [5.41, 5.74) is 1.26. The van der Waals surface area contributed by atoms with Gasteiger partial charge in [-0.05, 0) is 34.7 Å². The highest BCUT2D eigenvalue weighted by Gasteiger charge is 2.32. The Hall–Kier alpha value is -2.19. The molecule has 1 aromatic carbocycles. The number of ether oxygens (including phenoxy) is 2. The average Bonchev–Trinajstić information content (AvgIpc) is 3.19. The second kappa shape index (κ2) is 9.66. The Labute approximate surface area is 161 Å². The molecular formula is C19H31N6O2+. The highest BCUT2D eigenvalue weighted by atomic mass is 16.5. The number of piperazine rings is 1. The van der Waals surface area contributed by atoms with Crippen molar-refractivity contribution >= 4 is 5.69 Å². The number of tetrazole rings is 1. The maximum absolute atomic E-state index is 5.26. The van der Waals surface area contributed by atoms with E-state index in [2.05, 4.69) is 39.5 Å². The number of nitrogens with one attached hydrogen (secondary N) is 1. The van der Waals surface area contributed by atoms with Crippen molar-refractivity contribution in [2.45, 2.75) is 32.4 Å². The van der Waals surface area contributed by atoms with Crippen molar-refractivity contribution in [2.75, 3.05) is 51.9 Å². The average molecular weight is 375 g/mol. The molecule has 1 N–H and O–H groups in total. The molecular weight excluding hydrogens is 344 g/mol. The van der Waals surface area contributed by atoms with Crippen molar-refractivity contribution in [1.82, 2.24) is 20.2 Å². The van der Waals surface area contributed by atoms with Crippen LogP contribution in [0.4, 0.5) is 5.69 Å². The third-order valence-electron chi connectivity index (χ3n) is 5.29. The molecule has 2 heterocycles. The van der Waals surface area contributed by atoms with Crippen LogP contribution in [0.1, 0.15) is 31.6 Å². The number of hydrogen-bond acceptors (Lipinski definition) is 6. The molecule has 8 heteroatoms. The second-order valence-corrected chi connectivity index (χ2v) is 6.94. The number of anilines is 1. The molecule has 0 saturated carbocycles. The molecule has 3 rings (SSSR count). The van der Waals surface area contributed by atoms with Crippen LogP contribution in [0.15, 0.2) is 24.3 Å². The molecule has 1 aliphatic heterocycles. The molecule has 1 fully saturated rings. The molecule has 0 spiro atoms. The van der Waals surface area contributed by atoms with Crippen LogP contribution in [0.2, 0.25) is 0 Å². The van der Waals surface area contributed by atoms with Gasteiger partial charge in [0.05, 0.1) is 46.4 Å². The standard InChI is InChI=1S/C19H30N6O2/c1-4-5-18(19-20-21-22-25(19)14-15-26-2)24-12-10-23(11-13-24)16-6-8-17(27-3)9-7-16/h6-9,18H,4-5,10-15H2,1-3H3/p+1/t18-/m1/s1. The van der Waals surface area contributed by atoms with E-state index in [4.69, 9.17) is 9.47 Å². The fourth-order valence-corrected chi connectivity index (χ4v) is 3.80. The number of hydrogen-bond donors (Lipinski definition) is 1. The summed E-state index contributed by atoms with van der Waals surface area (Å²) in [6.07, 6.45) is 2.21. The predicted octanol–water partition coefficient (Wildman–Crippen LogP) is 0.574. The van der Waals surface area contributed by atoms with Crippen molar-refractivity contribution in [3.63, 3.8) is 0 Å². The van der Waals surface area contributed by atoms with Crippen LogP contribution >= 0.6 is 0 Å². The van der Waals surface area contributed by atoms with Gasteiger partial charge in [-0.25, -0.2) is 4.68 Å². The minimum absolute atomic E-state index is 0.333. The molecule has 27 heavy (non-hydrogen) atoms. The lowest BCUT2D eigenvalue weighted by Crippen LogP contribution is -3.15. The highest BCUT2D eigenvalue weighted by molar-refractivity contribution is 5.49. The summed E-state index contributed by atoms with van der Waals surface area (Å²) in [6.45, 7) is 7.76. The Kier molecular flexibility index (Phi) is 7.00. The number of aromatic nitrogens is 4. The lowest BCUT2D eigenvalue weighted by Gasteiger charge is -2.37. The minimum atomic E-state index is 0.333. The molecule has 0 radical (unpaired) electrons. The molecule has 2 aromatic rings. The molecule has 1 aliphatic rings. The van der Waals surface area contributed by atoms with Gasteiger partial charge in [0.2, 0.25) is 5.82 Å². The Balaban J connectivity index is 1.65. The van der Waals surface area contributed by atoms with Gasteiger partial charge in [0.1, 0.15) is 11.8 Å². The SMILES string of the molecule is CCC[C@H](c1nnnn1CCOC)[NH+]1CCN(c2ccc(OC)cc2)CC1. The van der Waals surface area contributed by atoms with E-state index in [1.54, 1.807) is 19.1 Å². The number of rotatable bonds is 9. The molecule has 0 aliphatic carbocycles. The van der Waals surface area contributed by atoms with E-state index < -0.39 is 0 Å². The number of quaternary nitrogens is 1. The van der Waals surface area contributed by atoms with Gasteiger partial charge in [0.15, 0.2) is 0 Å². The van der Waals surface area contributed by atoms with Crippen molar-refractivity contribution in [3.05, 3.63) is 30.1 Å². The Morgan fingerprint density at radius 1 is 1.15 bits per heavy atom. The van der Waals surface area contributed by atoms with Crippen LogP contribution in [0.25, 0.3) is 0 Å². The first kappa shape index (κ1) is 19.6. The van der Waals surface area contributed by atoms with Crippen LogP contribution in [0, 0.1) is 0 Å². The predicted molar refractivity (Wildman–Crippen MR) is 103 cm³/mol. The van der Waals surface area contributed by atoms with Crippen molar-refractivity contribution in [2.24, 2.45) is 0 Å². The van der Waals surface area contributed by atoms with E-state index in [0.29, 0.717) is 19.2 Å². The van der Waals surface area contributed by atoms with E-state index in [1.807, 2.05) is 16.8 Å². The second-order valence-electron chi connectivity index (χ2n) is 6.94. The summed E-state index contributed by atoms with van der Waals surface area (Å²) in [4.78, 5) is 4.01. The zero-order valence-corrected chi connectivity index (χ0v) is 16.6. The normalized spacial score (nSPS) is 16.5. The Morgan fingerprint density at radius 3 is 2.52 bits per heavy atom. The summed E-state index contributed by atoms with van der Waals surface area (Å²) in [7, 11) is 3.41. The van der Waals surface area contributed by atoms with Crippen molar-refractivity contribution in [3.8, 4) is 5.75 Å². The van der Waals surface area contributed by atoms with E-state index >= 15 is 0 Å². The molecule has 0 unspecified atom stereocenters. The molecule has 0 bridgehead atoms. The number of benzene rings is 1. The molecule has 0 amide bonds.